The number of hydrogen-bond donors (Lipinski definition) is 2. The molecule has 1 aromatic heterocycles. The van der Waals surface area contributed by atoms with Gasteiger partial charge in [0.25, 0.3) is 5.91 Å². The van der Waals surface area contributed by atoms with E-state index in [0.717, 1.165) is 17.7 Å². The molecule has 5 nitrogen and oxygen atoms in total. The Balaban J connectivity index is 1.91. The van der Waals surface area contributed by atoms with Crippen molar-refractivity contribution in [3.8, 4) is 0 Å². The molecular formula is C17H16ClFN4OS. The van der Waals surface area contributed by atoms with Gasteiger partial charge < -0.3 is 11.1 Å². The Morgan fingerprint density at radius 2 is 2.24 bits per heavy atom. The average Bonchev–Trinajstić information content (AvgIpc) is 2.57. The van der Waals surface area contributed by atoms with Crippen LogP contribution in [0.25, 0.3) is 0 Å². The van der Waals surface area contributed by atoms with Crippen LogP contribution >= 0.6 is 23.4 Å². The summed E-state index contributed by atoms with van der Waals surface area (Å²) in [5.41, 5.74) is 6.31. The predicted octanol–water partition coefficient (Wildman–Crippen LogP) is 3.79. The van der Waals surface area contributed by atoms with Gasteiger partial charge in [-0.25, -0.2) is 9.37 Å². The molecule has 0 bridgehead atoms. The molecule has 0 spiro atoms. The number of anilines is 1. The molecule has 0 aliphatic carbocycles. The molecule has 0 fully saturated rings. The number of benzene rings is 1. The molecule has 1 amide bonds. The van der Waals surface area contributed by atoms with E-state index in [0.29, 0.717) is 5.17 Å². The zero-order chi connectivity index (χ0) is 18.0. The molecule has 0 saturated heterocycles. The third-order valence-corrected chi connectivity index (χ3v) is 5.13. The minimum atomic E-state index is -0.547. The minimum Gasteiger partial charge on any atom is -0.379 e. The number of thioether (sulfide) groups is 1. The molecule has 1 unspecified atom stereocenters. The van der Waals surface area contributed by atoms with E-state index in [4.69, 9.17) is 17.3 Å². The first-order valence-electron chi connectivity index (χ1n) is 7.59. The number of aliphatic imine (C=N–C) groups is 1. The van der Waals surface area contributed by atoms with Crippen LogP contribution in [-0.2, 0) is 5.54 Å². The summed E-state index contributed by atoms with van der Waals surface area (Å²) in [4.78, 5) is 20.7. The second kappa shape index (κ2) is 7.01. The molecule has 1 aliphatic heterocycles. The first kappa shape index (κ1) is 17.7. The lowest BCUT2D eigenvalue weighted by molar-refractivity contribution is 0.102. The normalized spacial score (nSPS) is 20.0. The number of carbonyl (C=O) groups is 1. The Morgan fingerprint density at radius 1 is 1.44 bits per heavy atom. The Labute approximate surface area is 153 Å². The van der Waals surface area contributed by atoms with E-state index in [9.17, 15) is 9.18 Å². The van der Waals surface area contributed by atoms with Crippen LogP contribution in [0.2, 0.25) is 5.15 Å². The summed E-state index contributed by atoms with van der Waals surface area (Å²) < 4.78 is 14.2. The number of pyridine rings is 1. The van der Waals surface area contributed by atoms with Gasteiger partial charge >= 0.3 is 0 Å². The fourth-order valence-electron chi connectivity index (χ4n) is 2.60. The van der Waals surface area contributed by atoms with Gasteiger partial charge in [0, 0.05) is 11.9 Å². The van der Waals surface area contributed by atoms with E-state index < -0.39 is 17.3 Å². The number of amides is 1. The molecule has 1 atom stereocenters. The molecule has 25 heavy (non-hydrogen) atoms. The molecule has 8 heteroatoms. The van der Waals surface area contributed by atoms with E-state index in [2.05, 4.69) is 15.3 Å². The third kappa shape index (κ3) is 3.77. The van der Waals surface area contributed by atoms with Gasteiger partial charge in [-0.05, 0) is 43.2 Å². The number of aromatic nitrogens is 1. The molecule has 3 N–H and O–H groups in total. The summed E-state index contributed by atoms with van der Waals surface area (Å²) in [6.45, 7) is 1.94. The number of halogens is 2. The van der Waals surface area contributed by atoms with Crippen LogP contribution in [0.3, 0.4) is 0 Å². The number of nitrogens with zero attached hydrogens (tertiary/aromatic N) is 2. The van der Waals surface area contributed by atoms with Crippen molar-refractivity contribution < 1.29 is 9.18 Å². The van der Waals surface area contributed by atoms with Crippen LogP contribution in [0.15, 0.2) is 41.5 Å². The van der Waals surface area contributed by atoms with E-state index >= 15 is 0 Å². The number of hydrogen-bond acceptors (Lipinski definition) is 5. The maximum atomic E-state index is 14.2. The highest BCUT2D eigenvalue weighted by Gasteiger charge is 2.30. The molecule has 1 aromatic carbocycles. The van der Waals surface area contributed by atoms with Crippen LogP contribution in [0, 0.1) is 5.82 Å². The minimum absolute atomic E-state index is 0.0604. The maximum absolute atomic E-state index is 14.2. The van der Waals surface area contributed by atoms with Crippen molar-refractivity contribution in [1.29, 1.82) is 0 Å². The smallest absolute Gasteiger partial charge is 0.258 e. The first-order chi connectivity index (χ1) is 11.9. The van der Waals surface area contributed by atoms with E-state index in [1.54, 1.807) is 18.2 Å². The summed E-state index contributed by atoms with van der Waals surface area (Å²) in [6, 6.07) is 7.68. The molecule has 2 heterocycles. The Morgan fingerprint density at radius 3 is 2.96 bits per heavy atom. The summed E-state index contributed by atoms with van der Waals surface area (Å²) in [7, 11) is 0. The topological polar surface area (TPSA) is 80.4 Å². The highest BCUT2D eigenvalue weighted by molar-refractivity contribution is 8.13. The van der Waals surface area contributed by atoms with Crippen molar-refractivity contribution in [3.63, 3.8) is 0 Å². The van der Waals surface area contributed by atoms with Gasteiger partial charge in [-0.2, -0.15) is 0 Å². The lowest BCUT2D eigenvalue weighted by Crippen LogP contribution is -2.29. The molecule has 3 rings (SSSR count). The Hall–Kier alpha value is -2.12. The van der Waals surface area contributed by atoms with Crippen molar-refractivity contribution >= 4 is 40.1 Å². The van der Waals surface area contributed by atoms with Gasteiger partial charge in [-0.15, -0.1) is 0 Å². The van der Waals surface area contributed by atoms with Crippen molar-refractivity contribution in [3.05, 3.63) is 58.6 Å². The highest BCUT2D eigenvalue weighted by Crippen LogP contribution is 2.36. The first-order valence-corrected chi connectivity index (χ1v) is 8.95. The van der Waals surface area contributed by atoms with Gasteiger partial charge in [0.1, 0.15) is 11.0 Å². The van der Waals surface area contributed by atoms with Crippen molar-refractivity contribution in [2.24, 2.45) is 10.7 Å². The fourth-order valence-corrected chi connectivity index (χ4v) is 3.78. The van der Waals surface area contributed by atoms with E-state index in [1.165, 1.54) is 30.1 Å². The molecular weight excluding hydrogens is 363 g/mol. The quantitative estimate of drug-likeness (QED) is 0.796. The summed E-state index contributed by atoms with van der Waals surface area (Å²) >= 11 is 7.41. The summed E-state index contributed by atoms with van der Waals surface area (Å²) in [5.74, 6) is -0.236. The Kier molecular flexibility index (Phi) is 4.96. The fraction of sp³-hybridized carbons (Fsp3) is 0.235. The molecule has 2 aromatic rings. The van der Waals surface area contributed by atoms with Gasteiger partial charge in [0.15, 0.2) is 5.17 Å². The molecule has 0 radical (unpaired) electrons. The zero-order valence-corrected chi connectivity index (χ0v) is 15.0. The van der Waals surface area contributed by atoms with Gasteiger partial charge in [-0.1, -0.05) is 29.4 Å². The number of amidine groups is 1. The molecule has 1 aliphatic rings. The maximum Gasteiger partial charge on any atom is 0.258 e. The lowest BCUT2D eigenvalue weighted by atomic mass is 9.89. The Bertz CT molecular complexity index is 860. The van der Waals surface area contributed by atoms with Gasteiger partial charge in [0.2, 0.25) is 0 Å². The van der Waals surface area contributed by atoms with E-state index in [-0.39, 0.29) is 16.4 Å². The van der Waals surface area contributed by atoms with Crippen molar-refractivity contribution in [2.75, 3.05) is 11.1 Å². The second-order valence-electron chi connectivity index (χ2n) is 5.81. The molecule has 130 valence electrons. The van der Waals surface area contributed by atoms with Crippen LogP contribution < -0.4 is 11.1 Å². The van der Waals surface area contributed by atoms with Gasteiger partial charge in [0.05, 0.1) is 16.8 Å². The van der Waals surface area contributed by atoms with Crippen molar-refractivity contribution in [1.82, 2.24) is 4.98 Å². The largest absolute Gasteiger partial charge is 0.379 e. The third-order valence-electron chi connectivity index (χ3n) is 4.04. The number of nitrogens with two attached hydrogens (primary N) is 1. The predicted molar refractivity (Wildman–Crippen MR) is 99.6 cm³/mol. The van der Waals surface area contributed by atoms with Gasteiger partial charge in [-0.3, -0.25) is 9.79 Å². The summed E-state index contributed by atoms with van der Waals surface area (Å²) in [6.07, 6.45) is 2.25. The summed E-state index contributed by atoms with van der Waals surface area (Å²) in [5, 5.41) is 3.12. The van der Waals surface area contributed by atoms with E-state index in [1.807, 2.05) is 6.92 Å². The van der Waals surface area contributed by atoms with Crippen LogP contribution in [-0.4, -0.2) is 21.8 Å². The zero-order valence-electron chi connectivity index (χ0n) is 13.4. The second-order valence-corrected chi connectivity index (χ2v) is 7.29. The SMILES string of the molecule is CC1(c2ccc(F)c(NC(=O)c3cccnc3Cl)c2)CCSC(N)=N1. The van der Waals surface area contributed by atoms with Crippen LogP contribution in [0.4, 0.5) is 10.1 Å². The number of carbonyl (C=O) groups excluding carboxylic acids is 1. The molecule has 0 saturated carbocycles. The number of nitrogens with one attached hydrogen (secondary N) is 1. The standard InChI is InChI=1S/C17H16ClFN4OS/c1-17(6-8-25-16(20)23-17)10-4-5-12(19)13(9-10)22-15(24)11-3-2-7-21-14(11)18/h2-5,7,9H,6,8H2,1H3,(H2,20,23)(H,22,24). The average molecular weight is 379 g/mol. The monoisotopic (exact) mass is 378 g/mol. The van der Waals surface area contributed by atoms with Crippen LogP contribution in [0.5, 0.6) is 0 Å². The number of rotatable bonds is 3. The lowest BCUT2D eigenvalue weighted by Gasteiger charge is -2.30. The van der Waals surface area contributed by atoms with Crippen molar-refractivity contribution in [2.45, 2.75) is 18.9 Å². The highest BCUT2D eigenvalue weighted by atomic mass is 35.5. The van der Waals surface area contributed by atoms with Crippen LogP contribution in [0.1, 0.15) is 29.3 Å².